The van der Waals surface area contributed by atoms with Gasteiger partial charge in [-0.05, 0) is 6.92 Å². The van der Waals surface area contributed by atoms with Crippen molar-refractivity contribution in [1.29, 1.82) is 0 Å². The summed E-state index contributed by atoms with van der Waals surface area (Å²) >= 11 is 0. The van der Waals surface area contributed by atoms with Gasteiger partial charge < -0.3 is 5.32 Å². The number of aryl methyl sites for hydroxylation is 1. The fraction of sp³-hybridized carbons (Fsp3) is 0.667. The molecule has 0 aromatic carbocycles. The van der Waals surface area contributed by atoms with Crippen molar-refractivity contribution in [2.45, 2.75) is 46.5 Å². The molecule has 1 rings (SSSR count). The Balaban J connectivity index is 3.11. The highest BCUT2D eigenvalue weighted by Gasteiger charge is 2.17. The largest absolute Gasteiger partial charge is 0.370 e. The Kier molecular flexibility index (Phi) is 3.66. The molecule has 1 aromatic rings. The molecule has 0 unspecified atom stereocenters. The minimum Gasteiger partial charge on any atom is -0.370 e. The molecule has 0 radical (unpaired) electrons. The summed E-state index contributed by atoms with van der Waals surface area (Å²) in [6.07, 6.45) is 0.877. The third kappa shape index (κ3) is 3.18. The van der Waals surface area contributed by atoms with Gasteiger partial charge in [0.25, 0.3) is 0 Å². The van der Waals surface area contributed by atoms with E-state index in [9.17, 15) is 0 Å². The van der Waals surface area contributed by atoms with Gasteiger partial charge in [-0.2, -0.15) is 0 Å². The smallest absolute Gasteiger partial charge is 0.130 e. The van der Waals surface area contributed by atoms with Gasteiger partial charge in [0, 0.05) is 24.4 Å². The van der Waals surface area contributed by atoms with Crippen LogP contribution in [0.15, 0.2) is 6.07 Å². The third-order valence-electron chi connectivity index (χ3n) is 2.22. The monoisotopic (exact) mass is 207 g/mol. The molecule has 0 saturated heterocycles. The van der Waals surface area contributed by atoms with E-state index in [2.05, 4.69) is 49.9 Å². The SMILES string of the molecule is CCNc1cc(C(C)(C)C)nc(CC)n1. The van der Waals surface area contributed by atoms with Crippen LogP contribution in [0.5, 0.6) is 0 Å². The lowest BCUT2D eigenvalue weighted by atomic mass is 9.92. The number of aromatic nitrogens is 2. The lowest BCUT2D eigenvalue weighted by Gasteiger charge is -2.19. The number of rotatable bonds is 3. The molecule has 1 aromatic heterocycles. The summed E-state index contributed by atoms with van der Waals surface area (Å²) in [6, 6.07) is 2.04. The second-order valence-corrected chi connectivity index (χ2v) is 4.69. The average Bonchev–Trinajstić information content (AvgIpc) is 2.16. The van der Waals surface area contributed by atoms with Crippen LogP contribution in [0.4, 0.5) is 5.82 Å². The number of hydrogen-bond acceptors (Lipinski definition) is 3. The Morgan fingerprint density at radius 3 is 2.33 bits per heavy atom. The molecular weight excluding hydrogens is 186 g/mol. The van der Waals surface area contributed by atoms with Crippen LogP contribution in [-0.2, 0) is 11.8 Å². The van der Waals surface area contributed by atoms with Gasteiger partial charge in [0.1, 0.15) is 11.6 Å². The second kappa shape index (κ2) is 4.60. The molecule has 15 heavy (non-hydrogen) atoms. The minimum atomic E-state index is 0.0804. The van der Waals surface area contributed by atoms with E-state index in [-0.39, 0.29) is 5.41 Å². The van der Waals surface area contributed by atoms with Crippen molar-refractivity contribution in [1.82, 2.24) is 9.97 Å². The topological polar surface area (TPSA) is 37.8 Å². The highest BCUT2D eigenvalue weighted by atomic mass is 15.0. The predicted octanol–water partition coefficient (Wildman–Crippen LogP) is 2.77. The maximum atomic E-state index is 4.55. The minimum absolute atomic E-state index is 0.0804. The molecule has 0 saturated carbocycles. The van der Waals surface area contributed by atoms with Gasteiger partial charge in [0.05, 0.1) is 5.69 Å². The standard InChI is InChI=1S/C12H21N3/c1-6-10-14-9(12(3,4)5)8-11(15-10)13-7-2/h8H,6-7H2,1-5H3,(H,13,14,15). The molecule has 0 atom stereocenters. The molecule has 84 valence electrons. The predicted molar refractivity (Wildman–Crippen MR) is 64.3 cm³/mol. The van der Waals surface area contributed by atoms with E-state index in [1.54, 1.807) is 0 Å². The van der Waals surface area contributed by atoms with E-state index in [4.69, 9.17) is 0 Å². The summed E-state index contributed by atoms with van der Waals surface area (Å²) in [5, 5.41) is 3.24. The Labute approximate surface area is 92.3 Å². The fourth-order valence-corrected chi connectivity index (χ4v) is 1.31. The van der Waals surface area contributed by atoms with E-state index >= 15 is 0 Å². The summed E-state index contributed by atoms with van der Waals surface area (Å²) in [5.41, 5.74) is 1.18. The van der Waals surface area contributed by atoms with Crippen molar-refractivity contribution >= 4 is 5.82 Å². The maximum Gasteiger partial charge on any atom is 0.130 e. The quantitative estimate of drug-likeness (QED) is 0.828. The number of anilines is 1. The highest BCUT2D eigenvalue weighted by Crippen LogP contribution is 2.22. The Hall–Kier alpha value is -1.12. The van der Waals surface area contributed by atoms with Crippen LogP contribution in [0.25, 0.3) is 0 Å². The molecule has 0 amide bonds. The normalized spacial score (nSPS) is 11.5. The molecule has 0 aliphatic carbocycles. The van der Waals surface area contributed by atoms with Crippen molar-refractivity contribution in [2.75, 3.05) is 11.9 Å². The van der Waals surface area contributed by atoms with E-state index in [0.717, 1.165) is 30.3 Å². The summed E-state index contributed by atoms with van der Waals surface area (Å²) in [5.74, 6) is 1.85. The van der Waals surface area contributed by atoms with Crippen LogP contribution in [0.3, 0.4) is 0 Å². The van der Waals surface area contributed by atoms with E-state index < -0.39 is 0 Å². The first-order valence-electron chi connectivity index (χ1n) is 5.59. The van der Waals surface area contributed by atoms with Crippen LogP contribution in [-0.4, -0.2) is 16.5 Å². The van der Waals surface area contributed by atoms with Gasteiger partial charge in [-0.1, -0.05) is 27.7 Å². The summed E-state index contributed by atoms with van der Waals surface area (Å²) in [7, 11) is 0. The zero-order valence-electron chi connectivity index (χ0n) is 10.4. The van der Waals surface area contributed by atoms with Gasteiger partial charge in [-0.25, -0.2) is 9.97 Å². The van der Waals surface area contributed by atoms with Crippen LogP contribution in [0, 0.1) is 0 Å². The molecule has 3 heteroatoms. The molecule has 0 bridgehead atoms. The van der Waals surface area contributed by atoms with E-state index in [0.29, 0.717) is 0 Å². The van der Waals surface area contributed by atoms with Crippen LogP contribution in [0.1, 0.15) is 46.1 Å². The third-order valence-corrected chi connectivity index (χ3v) is 2.22. The van der Waals surface area contributed by atoms with Crippen molar-refractivity contribution in [3.63, 3.8) is 0 Å². The van der Waals surface area contributed by atoms with Crippen molar-refractivity contribution in [3.8, 4) is 0 Å². The summed E-state index contributed by atoms with van der Waals surface area (Å²) < 4.78 is 0. The van der Waals surface area contributed by atoms with Crippen LogP contribution >= 0.6 is 0 Å². The number of nitrogens with zero attached hydrogens (tertiary/aromatic N) is 2. The number of nitrogens with one attached hydrogen (secondary N) is 1. The van der Waals surface area contributed by atoms with Crippen LogP contribution < -0.4 is 5.32 Å². The first-order chi connectivity index (χ1) is 6.97. The number of hydrogen-bond donors (Lipinski definition) is 1. The van der Waals surface area contributed by atoms with Crippen molar-refractivity contribution in [2.24, 2.45) is 0 Å². The molecule has 0 fully saturated rings. The molecule has 0 spiro atoms. The summed E-state index contributed by atoms with van der Waals surface area (Å²) in [6.45, 7) is 11.6. The first kappa shape index (κ1) is 12.0. The van der Waals surface area contributed by atoms with Gasteiger partial charge in [0.2, 0.25) is 0 Å². The molecule has 3 nitrogen and oxygen atoms in total. The highest BCUT2D eigenvalue weighted by molar-refractivity contribution is 5.37. The zero-order chi connectivity index (χ0) is 11.5. The second-order valence-electron chi connectivity index (χ2n) is 4.69. The summed E-state index contributed by atoms with van der Waals surface area (Å²) in [4.78, 5) is 8.99. The first-order valence-corrected chi connectivity index (χ1v) is 5.59. The van der Waals surface area contributed by atoms with Gasteiger partial charge in [-0.3, -0.25) is 0 Å². The van der Waals surface area contributed by atoms with Crippen molar-refractivity contribution in [3.05, 3.63) is 17.6 Å². The van der Waals surface area contributed by atoms with Gasteiger partial charge >= 0.3 is 0 Å². The maximum absolute atomic E-state index is 4.55. The van der Waals surface area contributed by atoms with E-state index in [1.165, 1.54) is 0 Å². The lowest BCUT2D eigenvalue weighted by Crippen LogP contribution is -2.16. The van der Waals surface area contributed by atoms with Gasteiger partial charge in [-0.15, -0.1) is 0 Å². The zero-order valence-corrected chi connectivity index (χ0v) is 10.4. The Morgan fingerprint density at radius 2 is 1.87 bits per heavy atom. The van der Waals surface area contributed by atoms with E-state index in [1.807, 2.05) is 6.07 Å². The van der Waals surface area contributed by atoms with Crippen molar-refractivity contribution < 1.29 is 0 Å². The fourth-order valence-electron chi connectivity index (χ4n) is 1.31. The Bertz CT molecular complexity index is 326. The van der Waals surface area contributed by atoms with Crippen LogP contribution in [0.2, 0.25) is 0 Å². The molecule has 0 aliphatic heterocycles. The molecule has 0 aliphatic rings. The average molecular weight is 207 g/mol. The molecular formula is C12H21N3. The van der Waals surface area contributed by atoms with Gasteiger partial charge in [0.15, 0.2) is 0 Å². The lowest BCUT2D eigenvalue weighted by molar-refractivity contribution is 0.563. The molecule has 1 heterocycles. The Morgan fingerprint density at radius 1 is 1.20 bits per heavy atom. The molecule has 1 N–H and O–H groups in total.